The van der Waals surface area contributed by atoms with E-state index in [0.29, 0.717) is 17.3 Å². The van der Waals surface area contributed by atoms with Gasteiger partial charge in [-0.3, -0.25) is 10.1 Å². The minimum absolute atomic E-state index is 0.102. The van der Waals surface area contributed by atoms with Crippen molar-refractivity contribution in [1.82, 2.24) is 4.98 Å². The van der Waals surface area contributed by atoms with Gasteiger partial charge < -0.3 is 10.1 Å². The molecule has 9 heteroatoms. The molecular formula is C20H15FN4O3S. The summed E-state index contributed by atoms with van der Waals surface area (Å²) in [4.78, 5) is 14.7. The van der Waals surface area contributed by atoms with E-state index in [4.69, 9.17) is 4.74 Å². The van der Waals surface area contributed by atoms with Crippen molar-refractivity contribution in [1.29, 1.82) is 5.26 Å². The lowest BCUT2D eigenvalue weighted by Crippen LogP contribution is -1.96. The maximum atomic E-state index is 13.9. The van der Waals surface area contributed by atoms with E-state index in [1.165, 1.54) is 17.5 Å². The van der Waals surface area contributed by atoms with Crippen LogP contribution in [0.5, 0.6) is 5.75 Å². The molecule has 3 rings (SSSR count). The van der Waals surface area contributed by atoms with Crippen LogP contribution < -0.4 is 10.1 Å². The van der Waals surface area contributed by atoms with Gasteiger partial charge in [-0.2, -0.15) is 5.26 Å². The van der Waals surface area contributed by atoms with Crippen molar-refractivity contribution in [2.24, 2.45) is 0 Å². The second kappa shape index (κ2) is 8.95. The number of anilines is 1. The summed E-state index contributed by atoms with van der Waals surface area (Å²) in [5, 5.41) is 25.1. The Hall–Kier alpha value is -3.77. The third-order valence-electron chi connectivity index (χ3n) is 3.85. The maximum absolute atomic E-state index is 13.9. The molecule has 0 spiro atoms. The molecule has 7 nitrogen and oxygen atoms in total. The molecular weight excluding hydrogens is 395 g/mol. The zero-order valence-electron chi connectivity index (χ0n) is 15.3. The van der Waals surface area contributed by atoms with Crippen molar-refractivity contribution >= 4 is 28.3 Å². The zero-order chi connectivity index (χ0) is 20.8. The van der Waals surface area contributed by atoms with Gasteiger partial charge >= 0.3 is 0 Å². The first-order chi connectivity index (χ1) is 14.0. The van der Waals surface area contributed by atoms with Crippen LogP contribution in [0.25, 0.3) is 16.8 Å². The van der Waals surface area contributed by atoms with Gasteiger partial charge in [-0.15, -0.1) is 11.3 Å². The largest absolute Gasteiger partial charge is 0.494 e. The zero-order valence-corrected chi connectivity index (χ0v) is 16.1. The lowest BCUT2D eigenvalue weighted by atomic mass is 10.2. The maximum Gasteiger partial charge on any atom is 0.271 e. The van der Waals surface area contributed by atoms with Gasteiger partial charge in [-0.05, 0) is 37.3 Å². The molecule has 0 atom stereocenters. The van der Waals surface area contributed by atoms with Gasteiger partial charge in [0, 0.05) is 29.3 Å². The minimum Gasteiger partial charge on any atom is -0.494 e. The summed E-state index contributed by atoms with van der Waals surface area (Å²) in [7, 11) is 0. The molecule has 0 aliphatic heterocycles. The number of nitrogens with zero attached hydrogens (tertiary/aromatic N) is 3. The summed E-state index contributed by atoms with van der Waals surface area (Å²) in [6.07, 6.45) is 1.28. The van der Waals surface area contributed by atoms with E-state index in [1.54, 1.807) is 0 Å². The first-order valence-corrected chi connectivity index (χ1v) is 9.39. The van der Waals surface area contributed by atoms with Crippen molar-refractivity contribution in [3.05, 3.63) is 75.0 Å². The number of benzene rings is 2. The van der Waals surface area contributed by atoms with Crippen molar-refractivity contribution in [3.63, 3.8) is 0 Å². The fourth-order valence-corrected chi connectivity index (χ4v) is 3.24. The second-order valence-electron chi connectivity index (χ2n) is 5.73. The standard InChI is InChI=1S/C20H15FN4O3S/c1-2-28-16-6-3-13(4-7-16)19-12-29-20(24-19)14(10-22)11-23-18-9-15(25(26)27)5-8-17(18)21/h3-9,11-12,23H,2H2,1H3/b14-11-. The summed E-state index contributed by atoms with van der Waals surface area (Å²) < 4.78 is 19.3. The molecule has 0 amide bonds. The number of allylic oxidation sites excluding steroid dienone is 1. The molecule has 0 saturated carbocycles. The lowest BCUT2D eigenvalue weighted by Gasteiger charge is -2.03. The smallest absolute Gasteiger partial charge is 0.271 e. The van der Waals surface area contributed by atoms with E-state index in [-0.39, 0.29) is 16.9 Å². The summed E-state index contributed by atoms with van der Waals surface area (Å²) in [6.45, 7) is 2.48. The van der Waals surface area contributed by atoms with E-state index in [2.05, 4.69) is 10.3 Å². The number of nitriles is 1. The van der Waals surface area contributed by atoms with E-state index < -0.39 is 10.7 Å². The Labute approximate surface area is 169 Å². The number of aromatic nitrogens is 1. The van der Waals surface area contributed by atoms with Crippen molar-refractivity contribution in [2.75, 3.05) is 11.9 Å². The first-order valence-electron chi connectivity index (χ1n) is 8.51. The van der Waals surface area contributed by atoms with Gasteiger partial charge in [0.2, 0.25) is 0 Å². The first kappa shape index (κ1) is 20.0. The molecule has 2 aromatic carbocycles. The monoisotopic (exact) mass is 410 g/mol. The van der Waals surface area contributed by atoms with Crippen LogP contribution in [0.4, 0.5) is 15.8 Å². The number of hydrogen-bond acceptors (Lipinski definition) is 7. The van der Waals surface area contributed by atoms with Crippen LogP contribution in [0.15, 0.2) is 54.0 Å². The van der Waals surface area contributed by atoms with E-state index in [0.717, 1.165) is 29.5 Å². The third kappa shape index (κ3) is 4.75. The molecule has 0 saturated heterocycles. The normalized spacial score (nSPS) is 11.0. The highest BCUT2D eigenvalue weighted by molar-refractivity contribution is 7.11. The van der Waals surface area contributed by atoms with Crippen LogP contribution in [-0.4, -0.2) is 16.5 Å². The quantitative estimate of drug-likeness (QED) is 0.325. The predicted octanol–water partition coefficient (Wildman–Crippen LogP) is 5.23. The highest BCUT2D eigenvalue weighted by Crippen LogP contribution is 2.28. The molecule has 146 valence electrons. The van der Waals surface area contributed by atoms with Crippen LogP contribution >= 0.6 is 11.3 Å². The van der Waals surface area contributed by atoms with Crippen LogP contribution in [0.3, 0.4) is 0 Å². The molecule has 0 aliphatic carbocycles. The predicted molar refractivity (Wildman–Crippen MR) is 109 cm³/mol. The SMILES string of the molecule is CCOc1ccc(-c2csc(/C(C#N)=C\Nc3cc([N+](=O)[O-])ccc3F)n2)cc1. The molecule has 0 fully saturated rings. The number of thiazole rings is 1. The Bertz CT molecular complexity index is 1100. The molecule has 1 aromatic heterocycles. The van der Waals surface area contributed by atoms with Crippen LogP contribution in [0.2, 0.25) is 0 Å². The number of hydrogen-bond donors (Lipinski definition) is 1. The highest BCUT2D eigenvalue weighted by Gasteiger charge is 2.12. The van der Waals surface area contributed by atoms with Gasteiger partial charge in [0.05, 0.1) is 22.9 Å². The number of halogens is 1. The van der Waals surface area contributed by atoms with Crippen LogP contribution in [0, 0.1) is 27.3 Å². The summed E-state index contributed by atoms with van der Waals surface area (Å²) in [5.41, 5.74) is 1.38. The Balaban J connectivity index is 1.81. The third-order valence-corrected chi connectivity index (χ3v) is 4.72. The summed E-state index contributed by atoms with van der Waals surface area (Å²) >= 11 is 1.26. The Morgan fingerprint density at radius 2 is 2.14 bits per heavy atom. The van der Waals surface area contributed by atoms with Crippen molar-refractivity contribution < 1.29 is 14.1 Å². The number of nitro benzene ring substituents is 1. The van der Waals surface area contributed by atoms with Gasteiger partial charge in [0.25, 0.3) is 5.69 Å². The van der Waals surface area contributed by atoms with Gasteiger partial charge in [0.15, 0.2) is 0 Å². The van der Waals surface area contributed by atoms with Gasteiger partial charge in [-0.1, -0.05) is 0 Å². The average Bonchev–Trinajstić information content (AvgIpc) is 3.20. The van der Waals surface area contributed by atoms with Crippen LogP contribution in [-0.2, 0) is 0 Å². The Kier molecular flexibility index (Phi) is 6.16. The second-order valence-corrected chi connectivity index (χ2v) is 6.59. The lowest BCUT2D eigenvalue weighted by molar-refractivity contribution is -0.384. The summed E-state index contributed by atoms with van der Waals surface area (Å²) in [5.74, 6) is 0.0887. The minimum atomic E-state index is -0.668. The molecule has 0 aliphatic rings. The van der Waals surface area contributed by atoms with Gasteiger partial charge in [-0.25, -0.2) is 9.37 Å². The number of nitrogens with one attached hydrogen (secondary N) is 1. The fourth-order valence-electron chi connectivity index (χ4n) is 2.45. The molecule has 29 heavy (non-hydrogen) atoms. The van der Waals surface area contributed by atoms with Crippen LogP contribution in [0.1, 0.15) is 11.9 Å². The number of rotatable bonds is 7. The number of ether oxygens (including phenoxy) is 1. The molecule has 0 radical (unpaired) electrons. The molecule has 1 N–H and O–H groups in total. The number of non-ortho nitro benzene ring substituents is 1. The number of nitro groups is 1. The highest BCUT2D eigenvalue weighted by atomic mass is 32.1. The fraction of sp³-hybridized carbons (Fsp3) is 0.100. The van der Waals surface area contributed by atoms with Crippen molar-refractivity contribution in [3.8, 4) is 23.1 Å². The Morgan fingerprint density at radius 1 is 1.38 bits per heavy atom. The Morgan fingerprint density at radius 3 is 2.79 bits per heavy atom. The van der Waals surface area contributed by atoms with E-state index in [9.17, 15) is 19.8 Å². The van der Waals surface area contributed by atoms with Crippen molar-refractivity contribution in [2.45, 2.75) is 6.92 Å². The molecule has 3 aromatic rings. The van der Waals surface area contributed by atoms with E-state index in [1.807, 2.05) is 42.6 Å². The topological polar surface area (TPSA) is 101 Å². The molecule has 0 bridgehead atoms. The molecule has 1 heterocycles. The summed E-state index contributed by atoms with van der Waals surface area (Å²) in [6, 6.07) is 12.6. The average molecular weight is 410 g/mol. The molecule has 0 unspecified atom stereocenters. The van der Waals surface area contributed by atoms with Gasteiger partial charge in [0.1, 0.15) is 28.2 Å². The van der Waals surface area contributed by atoms with E-state index >= 15 is 0 Å².